The minimum absolute atomic E-state index is 0.224. The standard InChI is InChI=1S/C21H24N4O3/c1-24-19-10-5-8-16(19)18(23-24)14-25(13-15-7-6-12-28-15)21(26)22-17-9-3-4-11-20(17)27-2/h3-4,6-7,9,11-12H,5,8,10,13-14H2,1-2H3,(H,22,26). The SMILES string of the molecule is COc1ccccc1NC(=O)N(Cc1ccco1)Cc1nn(C)c2c1CCC2. The zero-order valence-corrected chi connectivity index (χ0v) is 16.1. The van der Waals surface area contributed by atoms with Crippen LogP contribution in [0.5, 0.6) is 5.75 Å². The van der Waals surface area contributed by atoms with Crippen molar-refractivity contribution in [3.63, 3.8) is 0 Å². The largest absolute Gasteiger partial charge is 0.495 e. The van der Waals surface area contributed by atoms with Gasteiger partial charge in [-0.05, 0) is 49.1 Å². The second-order valence-electron chi connectivity index (χ2n) is 6.91. The van der Waals surface area contributed by atoms with Crippen LogP contribution in [0.2, 0.25) is 0 Å². The number of rotatable bonds is 6. The van der Waals surface area contributed by atoms with Gasteiger partial charge in [0.15, 0.2) is 0 Å². The number of aryl methyl sites for hydroxylation is 1. The van der Waals surface area contributed by atoms with E-state index in [-0.39, 0.29) is 6.03 Å². The number of aromatic nitrogens is 2. The normalized spacial score (nSPS) is 12.6. The fourth-order valence-electron chi connectivity index (χ4n) is 3.74. The molecule has 4 rings (SSSR count). The molecule has 2 aromatic heterocycles. The molecule has 0 radical (unpaired) electrons. The topological polar surface area (TPSA) is 72.5 Å². The molecule has 7 heteroatoms. The third-order valence-electron chi connectivity index (χ3n) is 5.10. The number of benzene rings is 1. The van der Waals surface area contributed by atoms with Gasteiger partial charge in [0.05, 0.1) is 37.8 Å². The molecule has 0 spiro atoms. The average molecular weight is 380 g/mol. The zero-order chi connectivity index (χ0) is 19.5. The number of carbonyl (C=O) groups excluding carboxylic acids is 1. The van der Waals surface area contributed by atoms with Crippen LogP contribution < -0.4 is 10.1 Å². The first-order valence-corrected chi connectivity index (χ1v) is 9.40. The van der Waals surface area contributed by atoms with Gasteiger partial charge in [0.1, 0.15) is 11.5 Å². The number of hydrogen-bond acceptors (Lipinski definition) is 4. The summed E-state index contributed by atoms with van der Waals surface area (Å²) in [6, 6.07) is 10.8. The molecular weight excluding hydrogens is 356 g/mol. The number of amides is 2. The number of para-hydroxylation sites is 2. The van der Waals surface area contributed by atoms with E-state index in [2.05, 4.69) is 10.4 Å². The fraction of sp³-hybridized carbons (Fsp3) is 0.333. The van der Waals surface area contributed by atoms with Crippen LogP contribution in [0.3, 0.4) is 0 Å². The maximum Gasteiger partial charge on any atom is 0.322 e. The molecule has 1 aliphatic rings. The summed E-state index contributed by atoms with van der Waals surface area (Å²) >= 11 is 0. The molecule has 0 saturated heterocycles. The molecule has 1 N–H and O–H groups in total. The van der Waals surface area contributed by atoms with Gasteiger partial charge in [0.2, 0.25) is 0 Å². The molecule has 1 aromatic carbocycles. The molecule has 2 amide bonds. The quantitative estimate of drug-likeness (QED) is 0.707. The molecule has 0 saturated carbocycles. The highest BCUT2D eigenvalue weighted by Crippen LogP contribution is 2.27. The van der Waals surface area contributed by atoms with Crippen molar-refractivity contribution in [2.24, 2.45) is 7.05 Å². The Morgan fingerprint density at radius 1 is 1.25 bits per heavy atom. The molecule has 0 fully saturated rings. The zero-order valence-electron chi connectivity index (χ0n) is 16.1. The molecule has 0 unspecified atom stereocenters. The molecule has 1 aliphatic carbocycles. The van der Waals surface area contributed by atoms with E-state index in [1.54, 1.807) is 18.3 Å². The molecule has 2 heterocycles. The smallest absolute Gasteiger partial charge is 0.322 e. The van der Waals surface area contributed by atoms with E-state index in [0.717, 1.165) is 30.7 Å². The highest BCUT2D eigenvalue weighted by Gasteiger charge is 2.25. The Labute approximate surface area is 163 Å². The van der Waals surface area contributed by atoms with Crippen molar-refractivity contribution in [2.75, 3.05) is 12.4 Å². The van der Waals surface area contributed by atoms with Crippen LogP contribution in [0.4, 0.5) is 10.5 Å². The molecule has 28 heavy (non-hydrogen) atoms. The van der Waals surface area contributed by atoms with Crippen LogP contribution >= 0.6 is 0 Å². The summed E-state index contributed by atoms with van der Waals surface area (Å²) in [5.41, 5.74) is 4.14. The van der Waals surface area contributed by atoms with Crippen LogP contribution in [-0.4, -0.2) is 27.8 Å². The molecular formula is C21H24N4O3. The first-order chi connectivity index (χ1) is 13.7. The number of hydrogen-bond donors (Lipinski definition) is 1. The summed E-state index contributed by atoms with van der Waals surface area (Å²) in [6.45, 7) is 0.782. The minimum atomic E-state index is -0.224. The van der Waals surface area contributed by atoms with E-state index in [1.165, 1.54) is 11.3 Å². The van der Waals surface area contributed by atoms with Gasteiger partial charge in [0, 0.05) is 12.7 Å². The van der Waals surface area contributed by atoms with Crippen molar-refractivity contribution in [1.29, 1.82) is 0 Å². The fourth-order valence-corrected chi connectivity index (χ4v) is 3.74. The molecule has 7 nitrogen and oxygen atoms in total. The van der Waals surface area contributed by atoms with Crippen molar-refractivity contribution in [1.82, 2.24) is 14.7 Å². The number of nitrogens with one attached hydrogen (secondary N) is 1. The van der Waals surface area contributed by atoms with Crippen molar-refractivity contribution in [2.45, 2.75) is 32.4 Å². The summed E-state index contributed by atoms with van der Waals surface area (Å²) in [5.74, 6) is 1.34. The molecule has 3 aromatic rings. The second kappa shape index (κ2) is 7.80. The molecule has 0 atom stereocenters. The lowest BCUT2D eigenvalue weighted by molar-refractivity contribution is 0.200. The summed E-state index contributed by atoms with van der Waals surface area (Å²) in [6.07, 6.45) is 4.81. The monoisotopic (exact) mass is 380 g/mol. The predicted octanol–water partition coefficient (Wildman–Crippen LogP) is 3.74. The van der Waals surface area contributed by atoms with E-state index in [9.17, 15) is 4.79 Å². The summed E-state index contributed by atoms with van der Waals surface area (Å²) in [4.78, 5) is 14.8. The van der Waals surface area contributed by atoms with Crippen molar-refractivity contribution < 1.29 is 13.9 Å². The Bertz CT molecular complexity index is 962. The summed E-state index contributed by atoms with van der Waals surface area (Å²) < 4.78 is 12.8. The Morgan fingerprint density at radius 2 is 2.11 bits per heavy atom. The highest BCUT2D eigenvalue weighted by atomic mass is 16.5. The maximum absolute atomic E-state index is 13.1. The minimum Gasteiger partial charge on any atom is -0.495 e. The van der Waals surface area contributed by atoms with E-state index in [4.69, 9.17) is 9.15 Å². The van der Waals surface area contributed by atoms with Crippen LogP contribution in [0.15, 0.2) is 47.1 Å². The van der Waals surface area contributed by atoms with E-state index >= 15 is 0 Å². The maximum atomic E-state index is 13.1. The summed E-state index contributed by atoms with van der Waals surface area (Å²) in [5, 5.41) is 7.62. The second-order valence-corrected chi connectivity index (χ2v) is 6.91. The number of urea groups is 1. The number of methoxy groups -OCH3 is 1. The predicted molar refractivity (Wildman–Crippen MR) is 105 cm³/mol. The van der Waals surface area contributed by atoms with Gasteiger partial charge in [-0.25, -0.2) is 4.79 Å². The Hall–Kier alpha value is -3.22. The van der Waals surface area contributed by atoms with Gasteiger partial charge < -0.3 is 19.4 Å². The number of carbonyl (C=O) groups is 1. The van der Waals surface area contributed by atoms with Crippen molar-refractivity contribution in [3.8, 4) is 5.75 Å². The Morgan fingerprint density at radius 3 is 2.89 bits per heavy atom. The first kappa shape index (κ1) is 18.2. The first-order valence-electron chi connectivity index (χ1n) is 9.40. The van der Waals surface area contributed by atoms with Gasteiger partial charge in [-0.1, -0.05) is 12.1 Å². The van der Waals surface area contributed by atoms with Gasteiger partial charge >= 0.3 is 6.03 Å². The van der Waals surface area contributed by atoms with Gasteiger partial charge in [-0.3, -0.25) is 4.68 Å². The highest BCUT2D eigenvalue weighted by molar-refractivity contribution is 5.90. The number of ether oxygens (including phenoxy) is 1. The number of furan rings is 1. The van der Waals surface area contributed by atoms with Crippen LogP contribution in [-0.2, 0) is 33.0 Å². The van der Waals surface area contributed by atoms with Gasteiger partial charge in [-0.15, -0.1) is 0 Å². The van der Waals surface area contributed by atoms with Crippen LogP contribution in [0.1, 0.15) is 29.1 Å². The Kier molecular flexibility index (Phi) is 5.06. The average Bonchev–Trinajstić information content (AvgIpc) is 3.43. The van der Waals surface area contributed by atoms with E-state index in [1.807, 2.05) is 48.1 Å². The lowest BCUT2D eigenvalue weighted by atomic mass is 10.2. The van der Waals surface area contributed by atoms with E-state index < -0.39 is 0 Å². The van der Waals surface area contributed by atoms with E-state index in [0.29, 0.717) is 24.5 Å². The lowest BCUT2D eigenvalue weighted by Crippen LogP contribution is -2.34. The van der Waals surface area contributed by atoms with Crippen LogP contribution in [0.25, 0.3) is 0 Å². The molecule has 0 bridgehead atoms. The van der Waals surface area contributed by atoms with Gasteiger partial charge in [0.25, 0.3) is 0 Å². The number of anilines is 1. The van der Waals surface area contributed by atoms with Crippen LogP contribution in [0, 0.1) is 0 Å². The molecule has 0 aliphatic heterocycles. The Balaban J connectivity index is 1.58. The number of fused-ring (bicyclic) bond motifs is 1. The van der Waals surface area contributed by atoms with Gasteiger partial charge in [-0.2, -0.15) is 5.10 Å². The summed E-state index contributed by atoms with van der Waals surface area (Å²) in [7, 11) is 3.56. The molecule has 146 valence electrons. The van der Waals surface area contributed by atoms with Crippen molar-refractivity contribution >= 4 is 11.7 Å². The third kappa shape index (κ3) is 3.60. The van der Waals surface area contributed by atoms with Crippen molar-refractivity contribution in [3.05, 3.63) is 65.4 Å². The lowest BCUT2D eigenvalue weighted by Gasteiger charge is -2.22. The third-order valence-corrected chi connectivity index (χ3v) is 5.10. The number of nitrogens with zero attached hydrogens (tertiary/aromatic N) is 3.